The Hall–Kier alpha value is -3.35. The van der Waals surface area contributed by atoms with Gasteiger partial charge >= 0.3 is 5.97 Å². The summed E-state index contributed by atoms with van der Waals surface area (Å²) in [6.07, 6.45) is 1.87. The van der Waals surface area contributed by atoms with Gasteiger partial charge < -0.3 is 14.4 Å². The number of fused-ring (bicyclic) bond motifs is 1. The van der Waals surface area contributed by atoms with Crippen molar-refractivity contribution in [2.45, 2.75) is 45.3 Å². The molecule has 0 fully saturated rings. The van der Waals surface area contributed by atoms with Crippen LogP contribution in [-0.2, 0) is 11.2 Å². The summed E-state index contributed by atoms with van der Waals surface area (Å²) >= 11 is 1.44. The van der Waals surface area contributed by atoms with E-state index in [1.165, 1.54) is 23.1 Å². The predicted molar refractivity (Wildman–Crippen MR) is 125 cm³/mol. The fourth-order valence-corrected chi connectivity index (χ4v) is 4.68. The Morgan fingerprint density at radius 3 is 3.00 bits per heavy atom. The van der Waals surface area contributed by atoms with Gasteiger partial charge in [-0.1, -0.05) is 35.3 Å². The monoisotopic (exact) mass is 464 g/mol. The van der Waals surface area contributed by atoms with Crippen molar-refractivity contribution < 1.29 is 19.2 Å². The molecule has 8 nitrogen and oxygen atoms in total. The number of aliphatic carboxylic acids is 1. The van der Waals surface area contributed by atoms with Crippen LogP contribution in [-0.4, -0.2) is 33.1 Å². The number of nitrogens with zero attached hydrogens (tertiary/aromatic N) is 3. The molecule has 33 heavy (non-hydrogen) atoms. The number of rotatable bonds is 9. The van der Waals surface area contributed by atoms with E-state index in [2.05, 4.69) is 27.0 Å². The molecule has 1 heterocycles. The summed E-state index contributed by atoms with van der Waals surface area (Å²) in [6, 6.07) is 13.6. The molecular weight excluding hydrogens is 440 g/mol. The van der Waals surface area contributed by atoms with Gasteiger partial charge in [-0.05, 0) is 56.0 Å². The van der Waals surface area contributed by atoms with E-state index in [9.17, 15) is 10.1 Å². The minimum Gasteiger partial charge on any atom is -0.490 e. The van der Waals surface area contributed by atoms with Crippen molar-refractivity contribution in [2.24, 2.45) is 0 Å². The fourth-order valence-electron chi connectivity index (χ4n) is 3.84. The second kappa shape index (κ2) is 10.1. The molecule has 0 radical (unpaired) electrons. The first-order chi connectivity index (χ1) is 16.0. The Morgan fingerprint density at radius 1 is 1.39 bits per heavy atom. The molecule has 1 atom stereocenters. The lowest BCUT2D eigenvalue weighted by Gasteiger charge is -2.13. The van der Waals surface area contributed by atoms with Crippen LogP contribution in [0.5, 0.6) is 5.75 Å². The van der Waals surface area contributed by atoms with Crippen LogP contribution in [0.1, 0.15) is 49.4 Å². The summed E-state index contributed by atoms with van der Waals surface area (Å²) in [4.78, 5) is 15.3. The van der Waals surface area contributed by atoms with Gasteiger partial charge in [0.1, 0.15) is 11.8 Å². The van der Waals surface area contributed by atoms with Gasteiger partial charge in [0.15, 0.2) is 0 Å². The minimum absolute atomic E-state index is 0.0352. The zero-order chi connectivity index (χ0) is 23.4. The zero-order valence-electron chi connectivity index (χ0n) is 18.4. The quantitative estimate of drug-likeness (QED) is 0.341. The van der Waals surface area contributed by atoms with Crippen LogP contribution < -0.4 is 9.46 Å². The number of nitrogens with one attached hydrogen (secondary N) is 1. The van der Waals surface area contributed by atoms with Gasteiger partial charge in [-0.15, -0.1) is 0 Å². The normalized spacial score (nSPS) is 14.8. The largest absolute Gasteiger partial charge is 0.490 e. The minimum atomic E-state index is -0.796. The van der Waals surface area contributed by atoms with Gasteiger partial charge in [0.05, 0.1) is 18.1 Å². The maximum atomic E-state index is 10.7. The molecule has 1 aromatic heterocycles. The number of carboxylic acid groups (broad SMARTS) is 1. The highest BCUT2D eigenvalue weighted by molar-refractivity contribution is 7.97. The molecular formula is C24H24N4O4S. The van der Waals surface area contributed by atoms with Gasteiger partial charge in [0.2, 0.25) is 5.82 Å². The Balaban J connectivity index is 1.54. The van der Waals surface area contributed by atoms with Crippen LogP contribution in [0.3, 0.4) is 0 Å². The van der Waals surface area contributed by atoms with Crippen molar-refractivity contribution in [3.8, 4) is 34.7 Å². The van der Waals surface area contributed by atoms with Gasteiger partial charge in [0, 0.05) is 22.9 Å². The highest BCUT2D eigenvalue weighted by atomic mass is 32.2. The van der Waals surface area contributed by atoms with Crippen molar-refractivity contribution in [1.82, 2.24) is 14.9 Å². The Bertz CT molecular complexity index is 1200. The lowest BCUT2D eigenvalue weighted by Crippen LogP contribution is -2.12. The third kappa shape index (κ3) is 5.18. The third-order valence-electron chi connectivity index (χ3n) is 5.29. The van der Waals surface area contributed by atoms with E-state index in [1.807, 2.05) is 26.0 Å². The van der Waals surface area contributed by atoms with Crippen molar-refractivity contribution in [1.29, 1.82) is 5.26 Å². The van der Waals surface area contributed by atoms with Crippen LogP contribution >= 0.6 is 11.9 Å². The standard InChI is InChI=1S/C24H24N4O4S/c1-14(2)31-21-9-6-15(12-16(21)13-25)24-26-23(27-32-24)19-5-3-4-18-17(19)7-8-20(18)28-33-11-10-22(29)30/h3-6,9,12,14,20,28H,7-8,10-11H2,1-2H3,(H,29,30). The lowest BCUT2D eigenvalue weighted by atomic mass is 10.0. The fraction of sp³-hybridized carbons (Fsp3) is 0.333. The first-order valence-electron chi connectivity index (χ1n) is 10.7. The second-order valence-electron chi connectivity index (χ2n) is 7.99. The molecule has 0 saturated heterocycles. The van der Waals surface area contributed by atoms with Crippen molar-refractivity contribution >= 4 is 17.9 Å². The molecule has 0 bridgehead atoms. The Kier molecular flexibility index (Phi) is 6.96. The number of nitriles is 1. The van der Waals surface area contributed by atoms with Crippen LogP contribution in [0.15, 0.2) is 40.9 Å². The molecule has 4 rings (SSSR count). The Morgan fingerprint density at radius 2 is 2.24 bits per heavy atom. The molecule has 1 unspecified atom stereocenters. The van der Waals surface area contributed by atoms with E-state index in [1.54, 1.807) is 18.2 Å². The summed E-state index contributed by atoms with van der Waals surface area (Å²) in [5.74, 6) is 1.09. The predicted octanol–water partition coefficient (Wildman–Crippen LogP) is 4.76. The number of benzene rings is 2. The maximum absolute atomic E-state index is 10.7. The molecule has 0 saturated carbocycles. The van der Waals surface area contributed by atoms with Crippen molar-refractivity contribution in [3.05, 3.63) is 53.1 Å². The summed E-state index contributed by atoms with van der Waals surface area (Å²) in [5.41, 5.74) is 4.32. The van der Waals surface area contributed by atoms with Crippen LogP contribution in [0.2, 0.25) is 0 Å². The molecule has 2 aromatic carbocycles. The molecule has 0 aliphatic heterocycles. The molecule has 2 N–H and O–H groups in total. The topological polar surface area (TPSA) is 121 Å². The van der Waals surface area contributed by atoms with Crippen LogP contribution in [0.25, 0.3) is 22.8 Å². The van der Waals surface area contributed by atoms with E-state index >= 15 is 0 Å². The summed E-state index contributed by atoms with van der Waals surface area (Å²) in [7, 11) is 0. The SMILES string of the molecule is CC(C)Oc1ccc(-c2nc(-c3cccc4c3CCC4NSCCC(=O)O)no2)cc1C#N. The molecule has 1 aliphatic carbocycles. The van der Waals surface area contributed by atoms with Crippen molar-refractivity contribution in [2.75, 3.05) is 5.75 Å². The number of hydrogen-bond acceptors (Lipinski definition) is 8. The third-order valence-corrected chi connectivity index (χ3v) is 6.15. The summed E-state index contributed by atoms with van der Waals surface area (Å²) < 4.78 is 14.6. The molecule has 9 heteroatoms. The van der Waals surface area contributed by atoms with Crippen LogP contribution in [0, 0.1) is 11.3 Å². The molecule has 3 aromatic rings. The number of hydrogen-bond donors (Lipinski definition) is 2. The van der Waals surface area contributed by atoms with E-state index in [0.29, 0.717) is 34.3 Å². The van der Waals surface area contributed by atoms with Gasteiger partial charge in [-0.25, -0.2) is 0 Å². The second-order valence-corrected chi connectivity index (χ2v) is 8.92. The summed E-state index contributed by atoms with van der Waals surface area (Å²) in [6.45, 7) is 3.82. The van der Waals surface area contributed by atoms with E-state index in [4.69, 9.17) is 14.4 Å². The smallest absolute Gasteiger partial charge is 0.304 e. The zero-order valence-corrected chi connectivity index (χ0v) is 19.2. The number of carboxylic acids is 1. The molecule has 0 spiro atoms. The number of ether oxygens (including phenoxy) is 1. The maximum Gasteiger partial charge on any atom is 0.304 e. The first kappa shape index (κ1) is 22.8. The average molecular weight is 465 g/mol. The molecule has 1 aliphatic rings. The van der Waals surface area contributed by atoms with Crippen molar-refractivity contribution in [3.63, 3.8) is 0 Å². The van der Waals surface area contributed by atoms with Gasteiger partial charge in [-0.2, -0.15) is 10.2 Å². The van der Waals surface area contributed by atoms with Gasteiger partial charge in [-0.3, -0.25) is 9.52 Å². The van der Waals surface area contributed by atoms with E-state index in [-0.39, 0.29) is 18.6 Å². The number of aromatic nitrogens is 2. The van der Waals surface area contributed by atoms with E-state index in [0.717, 1.165) is 18.4 Å². The lowest BCUT2D eigenvalue weighted by molar-refractivity contribution is -0.136. The van der Waals surface area contributed by atoms with Gasteiger partial charge in [0.25, 0.3) is 5.89 Å². The van der Waals surface area contributed by atoms with Crippen LogP contribution in [0.4, 0.5) is 0 Å². The Labute approximate surface area is 196 Å². The highest BCUT2D eigenvalue weighted by Gasteiger charge is 2.26. The first-order valence-corrected chi connectivity index (χ1v) is 11.7. The summed E-state index contributed by atoms with van der Waals surface area (Å²) in [5, 5.41) is 22.5. The molecule has 170 valence electrons. The number of carbonyl (C=O) groups is 1. The average Bonchev–Trinajstić information content (AvgIpc) is 3.44. The molecule has 0 amide bonds. The highest BCUT2D eigenvalue weighted by Crippen LogP contribution is 2.38. The van der Waals surface area contributed by atoms with E-state index < -0.39 is 5.97 Å².